The molecule has 1 aliphatic rings. The second-order valence-corrected chi connectivity index (χ2v) is 4.50. The predicted octanol–water partition coefficient (Wildman–Crippen LogP) is 1.19. The SMILES string of the molecule is CCOC1=NS(=O)(=O)c2ccccc2N1. The summed E-state index contributed by atoms with van der Waals surface area (Å²) in [5.74, 6) is 0. The summed E-state index contributed by atoms with van der Waals surface area (Å²) >= 11 is 0. The van der Waals surface area contributed by atoms with Crippen LogP contribution in [0.3, 0.4) is 0 Å². The van der Waals surface area contributed by atoms with Crippen LogP contribution in [0.4, 0.5) is 5.69 Å². The van der Waals surface area contributed by atoms with Crippen molar-refractivity contribution in [2.24, 2.45) is 4.40 Å². The van der Waals surface area contributed by atoms with Crippen LogP contribution in [0.25, 0.3) is 0 Å². The molecule has 1 heterocycles. The minimum atomic E-state index is -3.61. The number of ether oxygens (including phenoxy) is 1. The van der Waals surface area contributed by atoms with Crippen molar-refractivity contribution in [3.05, 3.63) is 24.3 Å². The standard InChI is InChI=1S/C9H10N2O3S/c1-2-14-9-10-7-5-3-4-6-8(7)15(12,13)11-9/h3-6H,2H2,1H3,(H,10,11). The van der Waals surface area contributed by atoms with Gasteiger partial charge in [-0.3, -0.25) is 0 Å². The molecule has 1 aromatic rings. The molecule has 1 aliphatic heterocycles. The first-order valence-electron chi connectivity index (χ1n) is 4.47. The van der Waals surface area contributed by atoms with E-state index in [1.165, 1.54) is 6.07 Å². The van der Waals surface area contributed by atoms with E-state index in [1.807, 2.05) is 0 Å². The fraction of sp³-hybridized carbons (Fsp3) is 0.222. The Morgan fingerprint density at radius 3 is 2.87 bits per heavy atom. The Bertz CT molecular complexity index is 508. The molecule has 15 heavy (non-hydrogen) atoms. The van der Waals surface area contributed by atoms with Crippen molar-refractivity contribution in [3.8, 4) is 0 Å². The number of sulfonamides is 1. The van der Waals surface area contributed by atoms with Crippen LogP contribution in [0.2, 0.25) is 0 Å². The summed E-state index contributed by atoms with van der Waals surface area (Å²) < 4.78 is 31.8. The molecule has 0 unspecified atom stereocenters. The Balaban J connectivity index is 2.50. The van der Waals surface area contributed by atoms with Gasteiger partial charge in [0, 0.05) is 0 Å². The number of rotatable bonds is 1. The van der Waals surface area contributed by atoms with Gasteiger partial charge in [-0.15, -0.1) is 4.40 Å². The smallest absolute Gasteiger partial charge is 0.305 e. The second-order valence-electron chi connectivity index (χ2n) is 2.93. The van der Waals surface area contributed by atoms with E-state index in [-0.39, 0.29) is 10.9 Å². The molecule has 0 aliphatic carbocycles. The van der Waals surface area contributed by atoms with E-state index in [0.717, 1.165) is 0 Å². The zero-order valence-electron chi connectivity index (χ0n) is 8.10. The van der Waals surface area contributed by atoms with Crippen molar-refractivity contribution in [2.45, 2.75) is 11.8 Å². The molecule has 1 N–H and O–H groups in total. The average molecular weight is 226 g/mol. The minimum Gasteiger partial charge on any atom is -0.465 e. The van der Waals surface area contributed by atoms with Gasteiger partial charge >= 0.3 is 6.02 Å². The molecular formula is C9H10N2O3S. The summed E-state index contributed by atoms with van der Waals surface area (Å²) in [5, 5.41) is 2.80. The molecule has 0 amide bonds. The third-order valence-corrected chi connectivity index (χ3v) is 3.21. The lowest BCUT2D eigenvalue weighted by atomic mass is 10.3. The van der Waals surface area contributed by atoms with Gasteiger partial charge in [-0.1, -0.05) is 12.1 Å². The molecule has 0 bridgehead atoms. The van der Waals surface area contributed by atoms with E-state index < -0.39 is 10.0 Å². The van der Waals surface area contributed by atoms with Crippen LogP contribution in [0.15, 0.2) is 33.6 Å². The van der Waals surface area contributed by atoms with Gasteiger partial charge in [0.15, 0.2) is 0 Å². The fourth-order valence-corrected chi connectivity index (χ4v) is 2.35. The summed E-state index contributed by atoms with van der Waals surface area (Å²) in [5.41, 5.74) is 0.496. The first-order valence-corrected chi connectivity index (χ1v) is 5.91. The monoisotopic (exact) mass is 226 g/mol. The third kappa shape index (κ3) is 1.80. The number of hydrogen-bond donors (Lipinski definition) is 1. The number of nitrogens with zero attached hydrogens (tertiary/aromatic N) is 1. The maximum Gasteiger partial charge on any atom is 0.305 e. The highest BCUT2D eigenvalue weighted by Gasteiger charge is 2.24. The summed E-state index contributed by atoms with van der Waals surface area (Å²) in [6.45, 7) is 2.13. The van der Waals surface area contributed by atoms with Crippen molar-refractivity contribution >= 4 is 21.7 Å². The van der Waals surface area contributed by atoms with Gasteiger partial charge in [-0.25, -0.2) is 0 Å². The van der Waals surface area contributed by atoms with Crippen LogP contribution in [-0.4, -0.2) is 21.0 Å². The normalized spacial score (nSPS) is 17.3. The third-order valence-electron chi connectivity index (χ3n) is 1.89. The first-order chi connectivity index (χ1) is 7.13. The lowest BCUT2D eigenvalue weighted by molar-refractivity contribution is 0.326. The Kier molecular flexibility index (Phi) is 2.36. The maximum atomic E-state index is 11.7. The van der Waals surface area contributed by atoms with Crippen molar-refractivity contribution in [1.29, 1.82) is 0 Å². The first kappa shape index (κ1) is 9.97. The van der Waals surface area contributed by atoms with E-state index in [4.69, 9.17) is 4.74 Å². The molecule has 6 heteroatoms. The summed E-state index contributed by atoms with van der Waals surface area (Å²) in [4.78, 5) is 0.174. The zero-order chi connectivity index (χ0) is 10.9. The molecule has 0 fully saturated rings. The molecule has 5 nitrogen and oxygen atoms in total. The molecular weight excluding hydrogens is 216 g/mol. The molecule has 0 saturated heterocycles. The molecule has 80 valence electrons. The maximum absolute atomic E-state index is 11.7. The molecule has 0 atom stereocenters. The van der Waals surface area contributed by atoms with Crippen molar-refractivity contribution < 1.29 is 13.2 Å². The molecule has 1 aromatic carbocycles. The summed E-state index contributed by atoms with van der Waals surface area (Å²) in [6, 6.07) is 6.59. The quantitative estimate of drug-likeness (QED) is 0.781. The zero-order valence-corrected chi connectivity index (χ0v) is 8.91. The Hall–Kier alpha value is -1.56. The van der Waals surface area contributed by atoms with Crippen LogP contribution < -0.4 is 5.32 Å². The summed E-state index contributed by atoms with van der Waals surface area (Å²) in [7, 11) is -3.61. The summed E-state index contributed by atoms with van der Waals surface area (Å²) in [6.07, 6.45) is 0. The molecule has 0 spiro atoms. The van der Waals surface area contributed by atoms with Crippen LogP contribution in [0.5, 0.6) is 0 Å². The van der Waals surface area contributed by atoms with Crippen molar-refractivity contribution in [1.82, 2.24) is 0 Å². The van der Waals surface area contributed by atoms with Crippen LogP contribution in [-0.2, 0) is 14.8 Å². The minimum absolute atomic E-state index is 0.0243. The highest BCUT2D eigenvalue weighted by molar-refractivity contribution is 7.90. The van der Waals surface area contributed by atoms with Crippen molar-refractivity contribution in [3.63, 3.8) is 0 Å². The predicted molar refractivity (Wildman–Crippen MR) is 56.3 cm³/mol. The largest absolute Gasteiger partial charge is 0.465 e. The van der Waals surface area contributed by atoms with E-state index in [1.54, 1.807) is 25.1 Å². The number of anilines is 1. The van der Waals surface area contributed by atoms with Gasteiger partial charge in [-0.2, -0.15) is 8.42 Å². The van der Waals surface area contributed by atoms with E-state index in [0.29, 0.717) is 12.3 Å². The number of nitrogens with one attached hydrogen (secondary N) is 1. The number of fused-ring (bicyclic) bond motifs is 1. The lowest BCUT2D eigenvalue weighted by Gasteiger charge is -2.16. The van der Waals surface area contributed by atoms with Crippen LogP contribution in [0, 0.1) is 0 Å². The molecule has 2 rings (SSSR count). The number of hydrogen-bond acceptors (Lipinski definition) is 4. The second kappa shape index (κ2) is 3.54. The van der Waals surface area contributed by atoms with Gasteiger partial charge < -0.3 is 10.1 Å². The number of amidine groups is 1. The van der Waals surface area contributed by atoms with E-state index >= 15 is 0 Å². The van der Waals surface area contributed by atoms with Gasteiger partial charge in [0.1, 0.15) is 4.90 Å². The Morgan fingerprint density at radius 2 is 2.13 bits per heavy atom. The molecule has 0 aromatic heterocycles. The molecule has 0 saturated carbocycles. The van der Waals surface area contributed by atoms with Gasteiger partial charge in [-0.05, 0) is 19.1 Å². The topological polar surface area (TPSA) is 67.8 Å². The Labute approximate surface area is 87.8 Å². The number of benzene rings is 1. The van der Waals surface area contributed by atoms with Gasteiger partial charge in [0.05, 0.1) is 12.3 Å². The van der Waals surface area contributed by atoms with Crippen LogP contribution in [0.1, 0.15) is 6.92 Å². The average Bonchev–Trinajstić information content (AvgIpc) is 2.17. The van der Waals surface area contributed by atoms with Crippen molar-refractivity contribution in [2.75, 3.05) is 11.9 Å². The van der Waals surface area contributed by atoms with E-state index in [9.17, 15) is 8.42 Å². The van der Waals surface area contributed by atoms with Gasteiger partial charge in [0.2, 0.25) is 0 Å². The highest BCUT2D eigenvalue weighted by atomic mass is 32.2. The molecule has 0 radical (unpaired) electrons. The highest BCUT2D eigenvalue weighted by Crippen LogP contribution is 2.26. The fourth-order valence-electron chi connectivity index (χ4n) is 1.29. The van der Waals surface area contributed by atoms with Gasteiger partial charge in [0.25, 0.3) is 10.0 Å². The lowest BCUT2D eigenvalue weighted by Crippen LogP contribution is -2.23. The Morgan fingerprint density at radius 1 is 1.40 bits per heavy atom. The van der Waals surface area contributed by atoms with Crippen LogP contribution >= 0.6 is 0 Å². The van der Waals surface area contributed by atoms with E-state index in [2.05, 4.69) is 9.71 Å². The number of para-hydroxylation sites is 1.